The lowest BCUT2D eigenvalue weighted by atomic mass is 9.97. The molecule has 0 saturated carbocycles. The second kappa shape index (κ2) is 4.98. The largest absolute Gasteiger partial charge is 0.388 e. The minimum Gasteiger partial charge on any atom is -0.388 e. The third kappa shape index (κ3) is 3.15. The van der Waals surface area contributed by atoms with Gasteiger partial charge in [-0.2, -0.15) is 0 Å². The van der Waals surface area contributed by atoms with E-state index in [4.69, 9.17) is 9.47 Å². The van der Waals surface area contributed by atoms with Crippen molar-refractivity contribution in [1.82, 2.24) is 0 Å². The van der Waals surface area contributed by atoms with Crippen LogP contribution in [0.2, 0.25) is 0 Å². The lowest BCUT2D eigenvalue weighted by Gasteiger charge is -2.42. The highest BCUT2D eigenvalue weighted by molar-refractivity contribution is 4.89. The third-order valence-electron chi connectivity index (χ3n) is 2.54. The molecule has 0 aliphatic carbocycles. The molecule has 0 bridgehead atoms. The topological polar surface area (TPSA) is 79.2 Å². The van der Waals surface area contributed by atoms with Gasteiger partial charge in [0.05, 0.1) is 11.7 Å². The average Bonchev–Trinajstić information content (AvgIpc) is 2.17. The molecule has 0 unspecified atom stereocenters. The first kappa shape index (κ1) is 13.9. The average molecular weight is 234 g/mol. The van der Waals surface area contributed by atoms with Gasteiger partial charge in [-0.05, 0) is 27.2 Å². The van der Waals surface area contributed by atoms with E-state index in [-0.39, 0.29) is 0 Å². The highest BCUT2D eigenvalue weighted by Gasteiger charge is 2.44. The van der Waals surface area contributed by atoms with E-state index in [1.807, 2.05) is 27.7 Å². The van der Waals surface area contributed by atoms with E-state index in [9.17, 15) is 15.3 Å². The third-order valence-corrected chi connectivity index (χ3v) is 2.54. The van der Waals surface area contributed by atoms with Gasteiger partial charge in [-0.15, -0.1) is 0 Å². The molecule has 0 amide bonds. The molecule has 0 aromatic carbocycles. The molecule has 0 aromatic rings. The van der Waals surface area contributed by atoms with Crippen molar-refractivity contribution in [2.45, 2.75) is 70.4 Å². The second-order valence-corrected chi connectivity index (χ2v) is 5.15. The van der Waals surface area contributed by atoms with Gasteiger partial charge >= 0.3 is 0 Å². The van der Waals surface area contributed by atoms with Gasteiger partial charge in [-0.25, -0.2) is 0 Å². The molecule has 1 aliphatic rings. The maximum Gasteiger partial charge on any atom is 0.187 e. The molecule has 1 fully saturated rings. The Morgan fingerprint density at radius 2 is 1.62 bits per heavy atom. The smallest absolute Gasteiger partial charge is 0.187 e. The molecule has 0 radical (unpaired) electrons. The molecule has 1 rings (SSSR count). The van der Waals surface area contributed by atoms with E-state index >= 15 is 0 Å². The van der Waals surface area contributed by atoms with Crippen molar-refractivity contribution in [3.8, 4) is 0 Å². The Bertz CT molecular complexity index is 223. The number of hydrogen-bond acceptors (Lipinski definition) is 5. The van der Waals surface area contributed by atoms with Crippen molar-refractivity contribution >= 4 is 0 Å². The number of rotatable bonds is 2. The fourth-order valence-corrected chi connectivity index (χ4v) is 1.70. The SMILES string of the molecule is CC[C@H]1O[C@@H](OC(C)(C)C)[C@H](O)[C@H](O)[C@H]1O. The van der Waals surface area contributed by atoms with Crippen LogP contribution >= 0.6 is 0 Å². The quantitative estimate of drug-likeness (QED) is 0.627. The lowest BCUT2D eigenvalue weighted by Crippen LogP contribution is -2.59. The van der Waals surface area contributed by atoms with Crippen LogP contribution in [0, 0.1) is 0 Å². The maximum atomic E-state index is 9.72. The number of aliphatic hydroxyl groups is 3. The highest BCUT2D eigenvalue weighted by atomic mass is 16.7. The van der Waals surface area contributed by atoms with Crippen LogP contribution in [-0.2, 0) is 9.47 Å². The first-order valence-corrected chi connectivity index (χ1v) is 5.63. The summed E-state index contributed by atoms with van der Waals surface area (Å²) in [6.07, 6.45) is -4.38. The first-order valence-electron chi connectivity index (χ1n) is 5.63. The van der Waals surface area contributed by atoms with Crippen LogP contribution < -0.4 is 0 Å². The summed E-state index contributed by atoms with van der Waals surface area (Å²) < 4.78 is 10.9. The predicted molar refractivity (Wildman–Crippen MR) is 57.8 cm³/mol. The fourth-order valence-electron chi connectivity index (χ4n) is 1.70. The Labute approximate surface area is 96.0 Å². The zero-order chi connectivity index (χ0) is 12.5. The van der Waals surface area contributed by atoms with Crippen molar-refractivity contribution in [2.24, 2.45) is 0 Å². The molecule has 5 nitrogen and oxygen atoms in total. The summed E-state index contributed by atoms with van der Waals surface area (Å²) in [7, 11) is 0. The minimum absolute atomic E-state index is 0.480. The van der Waals surface area contributed by atoms with E-state index in [2.05, 4.69) is 0 Å². The predicted octanol–water partition coefficient (Wildman–Crippen LogP) is 0.0191. The van der Waals surface area contributed by atoms with Gasteiger partial charge in [0.25, 0.3) is 0 Å². The first-order chi connectivity index (χ1) is 7.26. The molecule has 1 heterocycles. The Hall–Kier alpha value is -0.200. The van der Waals surface area contributed by atoms with Crippen molar-refractivity contribution in [3.63, 3.8) is 0 Å². The summed E-state index contributed by atoms with van der Waals surface area (Å²) in [5, 5.41) is 29.0. The summed E-state index contributed by atoms with van der Waals surface area (Å²) in [6, 6.07) is 0. The number of hydrogen-bond donors (Lipinski definition) is 3. The Morgan fingerprint density at radius 3 is 2.06 bits per heavy atom. The van der Waals surface area contributed by atoms with Crippen molar-refractivity contribution in [1.29, 1.82) is 0 Å². The molecule has 5 heteroatoms. The van der Waals surface area contributed by atoms with Crippen molar-refractivity contribution in [3.05, 3.63) is 0 Å². The maximum absolute atomic E-state index is 9.72. The van der Waals surface area contributed by atoms with Gasteiger partial charge in [0, 0.05) is 0 Å². The molecule has 16 heavy (non-hydrogen) atoms. The summed E-state index contributed by atoms with van der Waals surface area (Å²) in [6.45, 7) is 7.34. The van der Waals surface area contributed by atoms with Gasteiger partial charge in [0.2, 0.25) is 0 Å². The van der Waals surface area contributed by atoms with Crippen LogP contribution in [0.25, 0.3) is 0 Å². The molecule has 0 spiro atoms. The molecular weight excluding hydrogens is 212 g/mol. The van der Waals surface area contributed by atoms with E-state index in [0.29, 0.717) is 6.42 Å². The zero-order valence-electron chi connectivity index (χ0n) is 10.3. The van der Waals surface area contributed by atoms with Crippen LogP contribution in [0.15, 0.2) is 0 Å². The van der Waals surface area contributed by atoms with Crippen molar-refractivity contribution < 1.29 is 24.8 Å². The van der Waals surface area contributed by atoms with Crippen LogP contribution in [0.5, 0.6) is 0 Å². The van der Waals surface area contributed by atoms with Gasteiger partial charge in [-0.3, -0.25) is 0 Å². The fraction of sp³-hybridized carbons (Fsp3) is 1.00. The molecule has 0 aromatic heterocycles. The van der Waals surface area contributed by atoms with Crippen LogP contribution in [0.4, 0.5) is 0 Å². The van der Waals surface area contributed by atoms with Gasteiger partial charge in [-0.1, -0.05) is 6.92 Å². The monoisotopic (exact) mass is 234 g/mol. The lowest BCUT2D eigenvalue weighted by molar-refractivity contribution is -0.317. The molecular formula is C11H22O5. The molecule has 96 valence electrons. The standard InChI is InChI=1S/C11H22O5/c1-5-6-7(12)8(13)9(14)10(15-6)16-11(2,3)4/h6-10,12-14H,5H2,1-4H3/t6-,7+,8-,9-,10+/m1/s1. The van der Waals surface area contributed by atoms with Crippen LogP contribution in [0.3, 0.4) is 0 Å². The zero-order valence-corrected chi connectivity index (χ0v) is 10.3. The highest BCUT2D eigenvalue weighted by Crippen LogP contribution is 2.26. The summed E-state index contributed by atoms with van der Waals surface area (Å²) in [4.78, 5) is 0. The van der Waals surface area contributed by atoms with Crippen LogP contribution in [-0.4, -0.2) is 51.6 Å². The Kier molecular flexibility index (Phi) is 4.31. The summed E-state index contributed by atoms with van der Waals surface area (Å²) in [5.41, 5.74) is -0.480. The molecule has 1 saturated heterocycles. The number of ether oxygens (including phenoxy) is 2. The van der Waals surface area contributed by atoms with E-state index in [0.717, 1.165) is 0 Å². The van der Waals surface area contributed by atoms with Gasteiger partial charge in [0.15, 0.2) is 6.29 Å². The summed E-state index contributed by atoms with van der Waals surface area (Å²) in [5.74, 6) is 0. The summed E-state index contributed by atoms with van der Waals surface area (Å²) >= 11 is 0. The van der Waals surface area contributed by atoms with E-state index < -0.39 is 36.3 Å². The van der Waals surface area contributed by atoms with E-state index in [1.54, 1.807) is 0 Å². The molecule has 3 N–H and O–H groups in total. The Balaban J connectivity index is 2.71. The Morgan fingerprint density at radius 1 is 1.06 bits per heavy atom. The van der Waals surface area contributed by atoms with Crippen LogP contribution in [0.1, 0.15) is 34.1 Å². The van der Waals surface area contributed by atoms with Gasteiger partial charge < -0.3 is 24.8 Å². The van der Waals surface area contributed by atoms with Gasteiger partial charge in [0.1, 0.15) is 18.3 Å². The minimum atomic E-state index is -1.23. The normalized spacial score (nSPS) is 41.1. The molecule has 5 atom stereocenters. The second-order valence-electron chi connectivity index (χ2n) is 5.15. The number of aliphatic hydroxyl groups excluding tert-OH is 3. The molecule has 1 aliphatic heterocycles. The van der Waals surface area contributed by atoms with E-state index in [1.165, 1.54) is 0 Å². The van der Waals surface area contributed by atoms with Crippen molar-refractivity contribution in [2.75, 3.05) is 0 Å².